The molecule has 0 aliphatic carbocycles. The molecule has 3 rings (SSSR count). The normalized spacial score (nSPS) is 13.4. The van der Waals surface area contributed by atoms with E-state index in [1.54, 1.807) is 26.8 Å². The van der Waals surface area contributed by atoms with Crippen molar-refractivity contribution in [3.05, 3.63) is 66.2 Å². The highest BCUT2D eigenvalue weighted by Gasteiger charge is 2.25. The number of piperazine rings is 1. The van der Waals surface area contributed by atoms with Gasteiger partial charge in [0.2, 0.25) is 11.8 Å². The quantitative estimate of drug-likeness (QED) is 0.692. The zero-order valence-corrected chi connectivity index (χ0v) is 17.4. The minimum atomic E-state index is -0.173. The molecular formula is C24H26N4O3. The van der Waals surface area contributed by atoms with Crippen LogP contribution in [0.3, 0.4) is 0 Å². The van der Waals surface area contributed by atoms with Crippen molar-refractivity contribution in [2.24, 2.45) is 0 Å². The maximum Gasteiger partial charge on any atom is 0.253 e. The lowest BCUT2D eigenvalue weighted by Gasteiger charge is -2.35. The number of amides is 3. The molecule has 1 aliphatic rings. The molecule has 7 heteroatoms. The van der Waals surface area contributed by atoms with Crippen molar-refractivity contribution in [3.63, 3.8) is 0 Å². The van der Waals surface area contributed by atoms with Crippen molar-refractivity contribution in [2.45, 2.75) is 19.3 Å². The first-order valence-electron chi connectivity index (χ1n) is 10.4. The van der Waals surface area contributed by atoms with Gasteiger partial charge in [-0.3, -0.25) is 14.4 Å². The van der Waals surface area contributed by atoms with Crippen molar-refractivity contribution >= 4 is 23.4 Å². The number of carbonyl (C=O) groups excluding carboxylic acids is 3. The Hall–Kier alpha value is -3.66. The largest absolute Gasteiger partial charge is 0.339 e. The Bertz CT molecular complexity index is 932. The predicted octanol–water partition coefficient (Wildman–Crippen LogP) is 2.70. The number of carbonyl (C=O) groups is 3. The summed E-state index contributed by atoms with van der Waals surface area (Å²) in [4.78, 5) is 42.9. The maximum absolute atomic E-state index is 12.7. The molecule has 1 fully saturated rings. The third-order valence-electron chi connectivity index (χ3n) is 5.31. The van der Waals surface area contributed by atoms with Gasteiger partial charge < -0.3 is 14.7 Å². The van der Waals surface area contributed by atoms with Crippen LogP contribution in [0, 0.1) is 11.3 Å². The van der Waals surface area contributed by atoms with Gasteiger partial charge in [-0.25, -0.2) is 0 Å². The van der Waals surface area contributed by atoms with Gasteiger partial charge in [-0.2, -0.15) is 5.26 Å². The molecule has 2 aromatic carbocycles. The van der Waals surface area contributed by atoms with E-state index in [0.717, 1.165) is 5.69 Å². The van der Waals surface area contributed by atoms with E-state index in [1.165, 1.54) is 0 Å². The molecule has 0 spiro atoms. The van der Waals surface area contributed by atoms with Crippen molar-refractivity contribution in [2.75, 3.05) is 37.6 Å². The van der Waals surface area contributed by atoms with E-state index in [9.17, 15) is 14.4 Å². The molecule has 0 N–H and O–H groups in total. The van der Waals surface area contributed by atoms with Gasteiger partial charge in [0.1, 0.15) is 0 Å². The van der Waals surface area contributed by atoms with Crippen LogP contribution in [0.15, 0.2) is 60.7 Å². The molecule has 0 bridgehead atoms. The van der Waals surface area contributed by atoms with E-state index in [1.807, 2.05) is 48.5 Å². The van der Waals surface area contributed by atoms with Gasteiger partial charge in [-0.1, -0.05) is 36.4 Å². The summed E-state index contributed by atoms with van der Waals surface area (Å²) in [5.41, 5.74) is 1.37. The Kier molecular flexibility index (Phi) is 7.77. The number of nitriles is 1. The first kappa shape index (κ1) is 22.0. The highest BCUT2D eigenvalue weighted by molar-refractivity contribution is 5.96. The second kappa shape index (κ2) is 10.9. The lowest BCUT2D eigenvalue weighted by atomic mass is 10.1. The molecule has 3 amide bonds. The van der Waals surface area contributed by atoms with Gasteiger partial charge >= 0.3 is 0 Å². The summed E-state index contributed by atoms with van der Waals surface area (Å²) in [6, 6.07) is 20.3. The van der Waals surface area contributed by atoms with Crippen molar-refractivity contribution < 1.29 is 14.4 Å². The Morgan fingerprint density at radius 3 is 2.03 bits per heavy atom. The Balaban J connectivity index is 1.50. The van der Waals surface area contributed by atoms with Gasteiger partial charge in [-0.15, -0.1) is 0 Å². The summed E-state index contributed by atoms with van der Waals surface area (Å²) in [6.45, 7) is 2.18. The predicted molar refractivity (Wildman–Crippen MR) is 117 cm³/mol. The fraction of sp³-hybridized carbons (Fsp3) is 0.333. The van der Waals surface area contributed by atoms with E-state index >= 15 is 0 Å². The van der Waals surface area contributed by atoms with Crippen LogP contribution < -0.4 is 4.90 Å². The molecule has 160 valence electrons. The standard InChI is InChI=1S/C24H26N4O3/c25-14-7-15-28(21-10-5-2-6-11-21)23(30)13-12-22(29)26-16-18-27(19-17-26)24(31)20-8-3-1-4-9-20/h1-6,8-11H,7,12-13,15-19H2. The summed E-state index contributed by atoms with van der Waals surface area (Å²) in [5.74, 6) is -0.292. The number of rotatable bonds is 7. The number of nitrogens with zero attached hydrogens (tertiary/aromatic N) is 4. The number of benzene rings is 2. The lowest BCUT2D eigenvalue weighted by Crippen LogP contribution is -2.50. The molecule has 0 radical (unpaired) electrons. The molecule has 0 atom stereocenters. The first-order chi connectivity index (χ1) is 15.1. The smallest absolute Gasteiger partial charge is 0.253 e. The SMILES string of the molecule is N#CCCN(C(=O)CCC(=O)N1CCN(C(=O)c2ccccc2)CC1)c1ccccc1. The van der Waals surface area contributed by atoms with Crippen LogP contribution in [0.1, 0.15) is 29.6 Å². The Morgan fingerprint density at radius 1 is 0.839 bits per heavy atom. The summed E-state index contributed by atoms with van der Waals surface area (Å²) in [5, 5.41) is 8.89. The summed E-state index contributed by atoms with van der Waals surface area (Å²) >= 11 is 0. The number of hydrogen-bond donors (Lipinski definition) is 0. The minimum Gasteiger partial charge on any atom is -0.339 e. The molecule has 0 saturated carbocycles. The van der Waals surface area contributed by atoms with Crippen molar-refractivity contribution in [1.29, 1.82) is 5.26 Å². The number of anilines is 1. The van der Waals surface area contributed by atoms with Crippen LogP contribution in [0.5, 0.6) is 0 Å². The fourth-order valence-corrected chi connectivity index (χ4v) is 3.60. The van der Waals surface area contributed by atoms with E-state index in [2.05, 4.69) is 6.07 Å². The Labute approximate surface area is 182 Å². The van der Waals surface area contributed by atoms with E-state index in [0.29, 0.717) is 38.3 Å². The highest BCUT2D eigenvalue weighted by atomic mass is 16.2. The second-order valence-corrected chi connectivity index (χ2v) is 7.33. The molecule has 31 heavy (non-hydrogen) atoms. The molecule has 1 heterocycles. The molecular weight excluding hydrogens is 392 g/mol. The summed E-state index contributed by atoms with van der Waals surface area (Å²) in [6.07, 6.45) is 0.426. The third-order valence-corrected chi connectivity index (χ3v) is 5.31. The molecule has 0 aromatic heterocycles. The minimum absolute atomic E-state index is 0.0288. The van der Waals surface area contributed by atoms with Crippen molar-refractivity contribution in [1.82, 2.24) is 9.80 Å². The van der Waals surface area contributed by atoms with Gasteiger partial charge in [0, 0.05) is 56.8 Å². The van der Waals surface area contributed by atoms with Crippen LogP contribution >= 0.6 is 0 Å². The molecule has 1 saturated heterocycles. The number of hydrogen-bond acceptors (Lipinski definition) is 4. The molecule has 1 aliphatic heterocycles. The third kappa shape index (κ3) is 5.92. The van der Waals surface area contributed by atoms with Crippen LogP contribution in [-0.4, -0.2) is 60.2 Å². The summed E-state index contributed by atoms with van der Waals surface area (Å²) < 4.78 is 0. The van der Waals surface area contributed by atoms with Crippen LogP contribution in [0.4, 0.5) is 5.69 Å². The van der Waals surface area contributed by atoms with Crippen LogP contribution in [-0.2, 0) is 9.59 Å². The zero-order chi connectivity index (χ0) is 22.1. The van der Waals surface area contributed by atoms with Crippen LogP contribution in [0.2, 0.25) is 0 Å². The van der Waals surface area contributed by atoms with Crippen LogP contribution in [0.25, 0.3) is 0 Å². The highest BCUT2D eigenvalue weighted by Crippen LogP contribution is 2.16. The van der Waals surface area contributed by atoms with Gasteiger partial charge in [0.25, 0.3) is 5.91 Å². The van der Waals surface area contributed by atoms with Gasteiger partial charge in [0.15, 0.2) is 0 Å². The average molecular weight is 418 g/mol. The molecule has 7 nitrogen and oxygen atoms in total. The van der Waals surface area contributed by atoms with E-state index < -0.39 is 0 Å². The van der Waals surface area contributed by atoms with Gasteiger partial charge in [0.05, 0.1) is 12.5 Å². The molecule has 0 unspecified atom stereocenters. The monoisotopic (exact) mass is 418 g/mol. The fourth-order valence-electron chi connectivity index (χ4n) is 3.60. The maximum atomic E-state index is 12.7. The lowest BCUT2D eigenvalue weighted by molar-refractivity contribution is -0.134. The summed E-state index contributed by atoms with van der Waals surface area (Å²) in [7, 11) is 0. The molecule has 2 aromatic rings. The Morgan fingerprint density at radius 2 is 1.42 bits per heavy atom. The number of para-hydroxylation sites is 1. The average Bonchev–Trinajstić information content (AvgIpc) is 2.83. The van der Waals surface area contributed by atoms with E-state index in [-0.39, 0.29) is 37.0 Å². The van der Waals surface area contributed by atoms with Gasteiger partial charge in [-0.05, 0) is 24.3 Å². The van der Waals surface area contributed by atoms with E-state index in [4.69, 9.17) is 5.26 Å². The first-order valence-corrected chi connectivity index (χ1v) is 10.4. The van der Waals surface area contributed by atoms with Crippen molar-refractivity contribution in [3.8, 4) is 6.07 Å². The topological polar surface area (TPSA) is 84.7 Å². The second-order valence-electron chi connectivity index (χ2n) is 7.33. The zero-order valence-electron chi connectivity index (χ0n) is 17.4.